The molecule has 1 aromatic carbocycles. The number of benzene rings is 1. The lowest BCUT2D eigenvalue weighted by Crippen LogP contribution is -2.49. The minimum atomic E-state index is 0.178. The Morgan fingerprint density at radius 3 is 2.14 bits per heavy atom. The van der Waals surface area contributed by atoms with E-state index in [0.717, 1.165) is 41.7 Å². The first-order valence-electron chi connectivity index (χ1n) is 9.96. The van der Waals surface area contributed by atoms with E-state index < -0.39 is 0 Å². The molecule has 1 aliphatic heterocycles. The molecule has 0 radical (unpaired) electrons. The Morgan fingerprint density at radius 1 is 0.897 bits per heavy atom. The second-order valence-electron chi connectivity index (χ2n) is 7.49. The molecule has 2 aromatic heterocycles. The lowest BCUT2D eigenvalue weighted by Gasteiger charge is -2.35. The van der Waals surface area contributed by atoms with Crippen LogP contribution in [-0.4, -0.2) is 57.0 Å². The Labute approximate surface area is 171 Å². The van der Waals surface area contributed by atoms with E-state index in [1.807, 2.05) is 65.9 Å². The molecule has 0 spiro atoms. The van der Waals surface area contributed by atoms with Crippen LogP contribution in [0.3, 0.4) is 0 Å². The Hall–Kier alpha value is -3.22. The van der Waals surface area contributed by atoms with Crippen molar-refractivity contribution in [3.63, 3.8) is 0 Å². The third-order valence-corrected chi connectivity index (χ3v) is 5.66. The maximum absolute atomic E-state index is 12.5. The Balaban J connectivity index is 1.37. The lowest BCUT2D eigenvalue weighted by molar-refractivity contribution is -0.130. The standard InChI is InChI=1S/C22H26N6O/c1-16-17(2)25-28(18(16)3)21-10-9-20(23-24-21)26-11-13-27(14-12-26)22(29)15-19-7-5-4-6-8-19/h4-10H,11-15H2,1-3H3. The highest BCUT2D eigenvalue weighted by molar-refractivity contribution is 5.79. The first-order valence-corrected chi connectivity index (χ1v) is 9.96. The summed E-state index contributed by atoms with van der Waals surface area (Å²) in [7, 11) is 0. The smallest absolute Gasteiger partial charge is 0.227 e. The molecule has 29 heavy (non-hydrogen) atoms. The molecule has 0 N–H and O–H groups in total. The molecule has 4 rings (SSSR count). The largest absolute Gasteiger partial charge is 0.352 e. The second-order valence-corrected chi connectivity index (χ2v) is 7.49. The van der Waals surface area contributed by atoms with Gasteiger partial charge in [-0.2, -0.15) is 5.10 Å². The van der Waals surface area contributed by atoms with E-state index in [9.17, 15) is 4.79 Å². The van der Waals surface area contributed by atoms with Crippen LogP contribution in [-0.2, 0) is 11.2 Å². The number of hydrogen-bond donors (Lipinski definition) is 0. The van der Waals surface area contributed by atoms with Gasteiger partial charge in [0.25, 0.3) is 0 Å². The van der Waals surface area contributed by atoms with Crippen molar-refractivity contribution < 1.29 is 4.79 Å². The Kier molecular flexibility index (Phi) is 5.29. The molecule has 0 aliphatic carbocycles. The molecule has 150 valence electrons. The summed E-state index contributed by atoms with van der Waals surface area (Å²) in [4.78, 5) is 16.7. The van der Waals surface area contributed by atoms with Gasteiger partial charge in [0, 0.05) is 31.9 Å². The third kappa shape index (κ3) is 3.99. The van der Waals surface area contributed by atoms with Gasteiger partial charge in [-0.25, -0.2) is 4.68 Å². The number of anilines is 1. The van der Waals surface area contributed by atoms with Crippen molar-refractivity contribution >= 4 is 11.7 Å². The van der Waals surface area contributed by atoms with Gasteiger partial charge in [0.2, 0.25) is 5.91 Å². The highest BCUT2D eigenvalue weighted by Gasteiger charge is 2.22. The normalized spacial score (nSPS) is 14.3. The molecule has 0 atom stereocenters. The average molecular weight is 390 g/mol. The number of carbonyl (C=O) groups is 1. The van der Waals surface area contributed by atoms with Crippen molar-refractivity contribution in [3.05, 3.63) is 65.0 Å². The van der Waals surface area contributed by atoms with Gasteiger partial charge in [0.15, 0.2) is 11.6 Å². The van der Waals surface area contributed by atoms with Crippen LogP contribution in [0.25, 0.3) is 5.82 Å². The van der Waals surface area contributed by atoms with E-state index in [4.69, 9.17) is 0 Å². The van der Waals surface area contributed by atoms with Crippen LogP contribution in [0.15, 0.2) is 42.5 Å². The summed E-state index contributed by atoms with van der Waals surface area (Å²) in [5, 5.41) is 13.3. The first kappa shape index (κ1) is 19.1. The predicted molar refractivity (Wildman–Crippen MR) is 112 cm³/mol. The molecular formula is C22H26N6O. The van der Waals surface area contributed by atoms with Gasteiger partial charge in [-0.3, -0.25) is 4.79 Å². The monoisotopic (exact) mass is 390 g/mol. The van der Waals surface area contributed by atoms with Crippen LogP contribution in [0.1, 0.15) is 22.5 Å². The third-order valence-electron chi connectivity index (χ3n) is 5.66. The summed E-state index contributed by atoms with van der Waals surface area (Å²) in [5.41, 5.74) is 4.31. The van der Waals surface area contributed by atoms with Crippen LogP contribution in [0, 0.1) is 20.8 Å². The first-order chi connectivity index (χ1) is 14.0. The maximum Gasteiger partial charge on any atom is 0.227 e. The fourth-order valence-corrected chi connectivity index (χ4v) is 3.61. The number of nitrogens with zero attached hydrogens (tertiary/aromatic N) is 6. The maximum atomic E-state index is 12.5. The number of amides is 1. The van der Waals surface area contributed by atoms with Crippen molar-refractivity contribution in [2.75, 3.05) is 31.1 Å². The van der Waals surface area contributed by atoms with Gasteiger partial charge in [-0.05, 0) is 44.0 Å². The summed E-state index contributed by atoms with van der Waals surface area (Å²) in [6, 6.07) is 13.8. The summed E-state index contributed by atoms with van der Waals surface area (Å²) in [6.45, 7) is 9.02. The SMILES string of the molecule is Cc1nn(-c2ccc(N3CCN(C(=O)Cc4ccccc4)CC3)nn2)c(C)c1C. The average Bonchev–Trinajstić information content (AvgIpc) is 3.02. The minimum Gasteiger partial charge on any atom is -0.352 e. The fourth-order valence-electron chi connectivity index (χ4n) is 3.61. The zero-order valence-corrected chi connectivity index (χ0v) is 17.2. The molecule has 1 saturated heterocycles. The number of rotatable bonds is 4. The van der Waals surface area contributed by atoms with Gasteiger partial charge in [-0.15, -0.1) is 10.2 Å². The number of carbonyl (C=O) groups excluding carboxylic acids is 1. The highest BCUT2D eigenvalue weighted by Crippen LogP contribution is 2.18. The molecule has 3 aromatic rings. The second kappa shape index (κ2) is 8.03. The Morgan fingerprint density at radius 2 is 1.55 bits per heavy atom. The summed E-state index contributed by atoms with van der Waals surface area (Å²) in [5.74, 6) is 1.73. The fraction of sp³-hybridized carbons (Fsp3) is 0.364. The zero-order chi connectivity index (χ0) is 20.4. The summed E-state index contributed by atoms with van der Waals surface area (Å²) < 4.78 is 1.83. The number of aryl methyl sites for hydroxylation is 1. The molecule has 1 aliphatic rings. The van der Waals surface area contributed by atoms with Crippen LogP contribution in [0.2, 0.25) is 0 Å². The van der Waals surface area contributed by atoms with E-state index in [1.165, 1.54) is 5.56 Å². The molecule has 3 heterocycles. The highest BCUT2D eigenvalue weighted by atomic mass is 16.2. The summed E-state index contributed by atoms with van der Waals surface area (Å²) in [6.07, 6.45) is 0.456. The number of piperazine rings is 1. The van der Waals surface area contributed by atoms with Crippen molar-refractivity contribution in [1.82, 2.24) is 24.9 Å². The van der Waals surface area contributed by atoms with Crippen LogP contribution in [0.4, 0.5) is 5.82 Å². The summed E-state index contributed by atoms with van der Waals surface area (Å²) >= 11 is 0. The predicted octanol–water partition coefficient (Wildman–Crippen LogP) is 2.48. The van der Waals surface area contributed by atoms with E-state index in [-0.39, 0.29) is 5.91 Å². The molecule has 7 nitrogen and oxygen atoms in total. The van der Waals surface area contributed by atoms with Gasteiger partial charge >= 0.3 is 0 Å². The molecule has 1 fully saturated rings. The Bertz CT molecular complexity index is 988. The van der Waals surface area contributed by atoms with Gasteiger partial charge in [-0.1, -0.05) is 30.3 Å². The quantitative estimate of drug-likeness (QED) is 0.685. The van der Waals surface area contributed by atoms with Crippen molar-refractivity contribution in [2.45, 2.75) is 27.2 Å². The van der Waals surface area contributed by atoms with Crippen molar-refractivity contribution in [2.24, 2.45) is 0 Å². The van der Waals surface area contributed by atoms with Gasteiger partial charge < -0.3 is 9.80 Å². The van der Waals surface area contributed by atoms with E-state index in [2.05, 4.69) is 27.1 Å². The number of hydrogen-bond acceptors (Lipinski definition) is 5. The molecule has 7 heteroatoms. The molecular weight excluding hydrogens is 364 g/mol. The topological polar surface area (TPSA) is 67.2 Å². The van der Waals surface area contributed by atoms with E-state index >= 15 is 0 Å². The van der Waals surface area contributed by atoms with Crippen molar-refractivity contribution in [1.29, 1.82) is 0 Å². The lowest BCUT2D eigenvalue weighted by atomic mass is 10.1. The number of aromatic nitrogens is 4. The molecule has 0 unspecified atom stereocenters. The van der Waals surface area contributed by atoms with Gasteiger partial charge in [0.05, 0.1) is 12.1 Å². The molecule has 0 saturated carbocycles. The molecule has 1 amide bonds. The van der Waals surface area contributed by atoms with Crippen LogP contribution < -0.4 is 4.90 Å². The van der Waals surface area contributed by atoms with Crippen LogP contribution in [0.5, 0.6) is 0 Å². The van der Waals surface area contributed by atoms with E-state index in [0.29, 0.717) is 19.5 Å². The van der Waals surface area contributed by atoms with E-state index in [1.54, 1.807) is 0 Å². The van der Waals surface area contributed by atoms with Crippen LogP contribution >= 0.6 is 0 Å². The minimum absolute atomic E-state index is 0.178. The zero-order valence-electron chi connectivity index (χ0n) is 17.2. The van der Waals surface area contributed by atoms with Crippen molar-refractivity contribution in [3.8, 4) is 5.82 Å². The van der Waals surface area contributed by atoms with Gasteiger partial charge in [0.1, 0.15) is 0 Å². The molecule has 0 bridgehead atoms.